The molecule has 3 atom stereocenters. The van der Waals surface area contributed by atoms with Crippen LogP contribution < -0.4 is 10.1 Å². The summed E-state index contributed by atoms with van der Waals surface area (Å²) in [5.74, 6) is 0.700. The number of aliphatic carboxylic acids is 1. The van der Waals surface area contributed by atoms with Gasteiger partial charge in [-0.1, -0.05) is 39.3 Å². The second-order valence-electron chi connectivity index (χ2n) is 10.3. The van der Waals surface area contributed by atoms with Gasteiger partial charge in [-0.2, -0.15) is 0 Å². The zero-order valence-corrected chi connectivity index (χ0v) is 19.4. The van der Waals surface area contributed by atoms with E-state index in [1.165, 1.54) is 16.7 Å². The number of rotatable bonds is 5. The molecular weight excluding hydrogens is 386 g/mol. The number of nitrogens with one attached hydrogen (secondary N) is 1. The van der Waals surface area contributed by atoms with E-state index < -0.39 is 11.4 Å². The van der Waals surface area contributed by atoms with Crippen LogP contribution in [0.3, 0.4) is 0 Å². The lowest BCUT2D eigenvalue weighted by Gasteiger charge is -2.53. The Morgan fingerprint density at radius 1 is 1.13 bits per heavy atom. The van der Waals surface area contributed by atoms with E-state index >= 15 is 0 Å². The number of ether oxygens (including phenoxy) is 1. The quantitative estimate of drug-likeness (QED) is 0.574. The van der Waals surface area contributed by atoms with Crippen molar-refractivity contribution in [3.05, 3.63) is 53.1 Å². The first-order valence-electron chi connectivity index (χ1n) is 11.5. The molecule has 2 aliphatic carbocycles. The van der Waals surface area contributed by atoms with Crippen molar-refractivity contribution in [2.45, 2.75) is 65.7 Å². The van der Waals surface area contributed by atoms with Crippen LogP contribution in [0.15, 0.2) is 36.4 Å². The highest BCUT2D eigenvalue weighted by molar-refractivity contribution is 5.76. The molecule has 0 spiro atoms. The fourth-order valence-electron chi connectivity index (χ4n) is 6.11. The summed E-state index contributed by atoms with van der Waals surface area (Å²) in [6, 6.07) is 12.6. The largest absolute Gasteiger partial charge is 0.497 e. The van der Waals surface area contributed by atoms with Gasteiger partial charge in [0.1, 0.15) is 5.75 Å². The standard InChI is InChI=1S/C27H35NO3/c1-17(2)21-12-7-18-16-26(3)13-6-14-27(4,25(29)30)23(26)15-22(18)24(21)28-19-8-10-20(31-5)11-9-19/h7-12,17,23,28H,6,13-16H2,1-5H3,(H,29,30)/t23-,26-,27-/m1/s1. The molecule has 0 amide bonds. The van der Waals surface area contributed by atoms with Crippen molar-refractivity contribution >= 4 is 17.3 Å². The molecule has 166 valence electrons. The van der Waals surface area contributed by atoms with E-state index in [0.29, 0.717) is 5.92 Å². The van der Waals surface area contributed by atoms with Gasteiger partial charge in [-0.3, -0.25) is 4.79 Å². The molecule has 1 fully saturated rings. The molecule has 2 aromatic rings. The molecule has 0 unspecified atom stereocenters. The van der Waals surface area contributed by atoms with Gasteiger partial charge in [0.2, 0.25) is 0 Å². The Kier molecular flexibility index (Phi) is 5.53. The van der Waals surface area contributed by atoms with Crippen LogP contribution in [-0.2, 0) is 17.6 Å². The Labute approximate surface area is 186 Å². The zero-order chi connectivity index (χ0) is 22.4. The van der Waals surface area contributed by atoms with Gasteiger partial charge in [0.15, 0.2) is 0 Å². The van der Waals surface area contributed by atoms with E-state index in [1.807, 2.05) is 31.2 Å². The molecule has 4 rings (SSSR count). The van der Waals surface area contributed by atoms with Crippen LogP contribution in [0, 0.1) is 16.7 Å². The highest BCUT2D eigenvalue weighted by Crippen LogP contribution is 2.57. The van der Waals surface area contributed by atoms with E-state index in [0.717, 1.165) is 49.2 Å². The summed E-state index contributed by atoms with van der Waals surface area (Å²) in [6.45, 7) is 8.73. The molecule has 2 N–H and O–H groups in total. The minimum atomic E-state index is -0.671. The van der Waals surface area contributed by atoms with Gasteiger partial charge in [0, 0.05) is 11.4 Å². The fourth-order valence-corrected chi connectivity index (χ4v) is 6.11. The van der Waals surface area contributed by atoms with Gasteiger partial charge in [0.05, 0.1) is 12.5 Å². The molecule has 0 saturated heterocycles. The molecule has 4 nitrogen and oxygen atoms in total. The number of hydrogen-bond donors (Lipinski definition) is 2. The highest BCUT2D eigenvalue weighted by Gasteiger charge is 2.54. The van der Waals surface area contributed by atoms with E-state index in [9.17, 15) is 9.90 Å². The lowest BCUT2D eigenvalue weighted by Crippen LogP contribution is -2.51. The first kappa shape index (κ1) is 21.7. The molecule has 31 heavy (non-hydrogen) atoms. The van der Waals surface area contributed by atoms with Gasteiger partial charge in [-0.15, -0.1) is 0 Å². The third-order valence-electron chi connectivity index (χ3n) is 7.97. The van der Waals surface area contributed by atoms with Crippen molar-refractivity contribution in [1.82, 2.24) is 0 Å². The number of fused-ring (bicyclic) bond motifs is 2. The van der Waals surface area contributed by atoms with Gasteiger partial charge < -0.3 is 15.2 Å². The van der Waals surface area contributed by atoms with Crippen molar-refractivity contribution in [3.63, 3.8) is 0 Å². The lowest BCUT2D eigenvalue weighted by molar-refractivity contribution is -0.160. The molecule has 1 saturated carbocycles. The maximum Gasteiger partial charge on any atom is 0.309 e. The summed E-state index contributed by atoms with van der Waals surface area (Å²) in [5.41, 5.74) is 5.51. The summed E-state index contributed by atoms with van der Waals surface area (Å²) in [4.78, 5) is 12.4. The van der Waals surface area contributed by atoms with E-state index in [-0.39, 0.29) is 11.3 Å². The molecule has 2 aliphatic rings. The van der Waals surface area contributed by atoms with Crippen LogP contribution in [0.25, 0.3) is 0 Å². The topological polar surface area (TPSA) is 58.6 Å². The van der Waals surface area contributed by atoms with Gasteiger partial charge >= 0.3 is 5.97 Å². The number of anilines is 2. The summed E-state index contributed by atoms with van der Waals surface area (Å²) in [6.07, 6.45) is 4.63. The van der Waals surface area contributed by atoms with Gasteiger partial charge in [-0.25, -0.2) is 0 Å². The van der Waals surface area contributed by atoms with Crippen LogP contribution in [-0.4, -0.2) is 18.2 Å². The summed E-state index contributed by atoms with van der Waals surface area (Å²) in [5, 5.41) is 13.9. The molecule has 2 aromatic carbocycles. The molecule has 0 aromatic heterocycles. The number of benzene rings is 2. The smallest absolute Gasteiger partial charge is 0.309 e. The van der Waals surface area contributed by atoms with Crippen LogP contribution >= 0.6 is 0 Å². The average Bonchev–Trinajstić information content (AvgIpc) is 2.73. The second-order valence-corrected chi connectivity index (χ2v) is 10.3. The average molecular weight is 422 g/mol. The van der Waals surface area contributed by atoms with Crippen molar-refractivity contribution in [1.29, 1.82) is 0 Å². The van der Waals surface area contributed by atoms with Crippen molar-refractivity contribution in [2.24, 2.45) is 16.7 Å². The third kappa shape index (κ3) is 3.71. The lowest BCUT2D eigenvalue weighted by atomic mass is 9.50. The molecule has 0 heterocycles. The maximum atomic E-state index is 12.4. The highest BCUT2D eigenvalue weighted by atomic mass is 16.5. The molecule has 0 aliphatic heterocycles. The Morgan fingerprint density at radius 3 is 2.45 bits per heavy atom. The van der Waals surface area contributed by atoms with Gasteiger partial charge in [-0.05, 0) is 90.8 Å². The Hall–Kier alpha value is -2.49. The van der Waals surface area contributed by atoms with Gasteiger partial charge in [0.25, 0.3) is 0 Å². The number of methoxy groups -OCH3 is 1. The van der Waals surface area contributed by atoms with Crippen molar-refractivity contribution in [2.75, 3.05) is 12.4 Å². The van der Waals surface area contributed by atoms with Crippen LogP contribution in [0.5, 0.6) is 5.75 Å². The van der Waals surface area contributed by atoms with E-state index in [1.54, 1.807) is 7.11 Å². The van der Waals surface area contributed by atoms with Crippen LogP contribution in [0.1, 0.15) is 69.6 Å². The van der Waals surface area contributed by atoms with Crippen LogP contribution in [0.2, 0.25) is 0 Å². The molecular formula is C27H35NO3. The fraction of sp³-hybridized carbons (Fsp3) is 0.519. The second kappa shape index (κ2) is 7.89. The van der Waals surface area contributed by atoms with Crippen molar-refractivity contribution < 1.29 is 14.6 Å². The predicted octanol–water partition coefficient (Wildman–Crippen LogP) is 6.56. The maximum absolute atomic E-state index is 12.4. The van der Waals surface area contributed by atoms with E-state index in [4.69, 9.17) is 4.74 Å². The summed E-state index contributed by atoms with van der Waals surface area (Å²) >= 11 is 0. The molecule has 4 heteroatoms. The van der Waals surface area contributed by atoms with E-state index in [2.05, 4.69) is 38.2 Å². The summed E-state index contributed by atoms with van der Waals surface area (Å²) < 4.78 is 5.30. The minimum Gasteiger partial charge on any atom is -0.497 e. The zero-order valence-electron chi connectivity index (χ0n) is 19.4. The molecule has 0 bridgehead atoms. The normalized spacial score (nSPS) is 27.4. The Morgan fingerprint density at radius 2 is 1.84 bits per heavy atom. The van der Waals surface area contributed by atoms with Crippen molar-refractivity contribution in [3.8, 4) is 5.75 Å². The number of hydrogen-bond acceptors (Lipinski definition) is 3. The monoisotopic (exact) mass is 421 g/mol. The first-order chi connectivity index (χ1) is 14.7. The van der Waals surface area contributed by atoms with Crippen LogP contribution in [0.4, 0.5) is 11.4 Å². The number of carbonyl (C=O) groups is 1. The summed E-state index contributed by atoms with van der Waals surface area (Å²) in [7, 11) is 1.67. The third-order valence-corrected chi connectivity index (χ3v) is 7.97. The SMILES string of the molecule is COc1ccc(Nc2c(C(C)C)ccc3c2C[C@@H]2[C@](C)(CCC[C@@]2(C)C(=O)O)C3)cc1. The molecule has 0 radical (unpaired) electrons. The first-order valence-corrected chi connectivity index (χ1v) is 11.5. The predicted molar refractivity (Wildman–Crippen MR) is 125 cm³/mol. The Balaban J connectivity index is 1.80. The Bertz CT molecular complexity index is 981. The number of carboxylic acids is 1. The minimum absolute atomic E-state index is 0.0368. The number of carboxylic acid groups (broad SMARTS) is 1.